The van der Waals surface area contributed by atoms with Gasteiger partial charge in [0.15, 0.2) is 0 Å². The molecular formula is C13H11ClN2O2S. The summed E-state index contributed by atoms with van der Waals surface area (Å²) in [6, 6.07) is 8.87. The SMILES string of the molecule is COC(=O)c1cc(N)cnc1Sc1ccccc1Cl. The number of benzene rings is 1. The van der Waals surface area contributed by atoms with Crippen molar-refractivity contribution in [3.05, 3.63) is 47.1 Å². The molecule has 0 saturated carbocycles. The van der Waals surface area contributed by atoms with Crippen molar-refractivity contribution in [1.82, 2.24) is 4.98 Å². The predicted molar refractivity (Wildman–Crippen MR) is 75.6 cm³/mol. The maximum atomic E-state index is 11.7. The molecule has 1 aromatic heterocycles. The lowest BCUT2D eigenvalue weighted by Crippen LogP contribution is -2.05. The fraction of sp³-hybridized carbons (Fsp3) is 0.0769. The molecule has 0 aliphatic carbocycles. The van der Waals surface area contributed by atoms with Gasteiger partial charge in [-0.05, 0) is 18.2 Å². The summed E-state index contributed by atoms with van der Waals surface area (Å²) in [6.45, 7) is 0. The molecule has 0 bridgehead atoms. The van der Waals surface area contributed by atoms with Gasteiger partial charge in [-0.25, -0.2) is 9.78 Å². The van der Waals surface area contributed by atoms with Crippen LogP contribution < -0.4 is 5.73 Å². The minimum absolute atomic E-state index is 0.326. The Labute approximate surface area is 119 Å². The summed E-state index contributed by atoms with van der Waals surface area (Å²) in [6.07, 6.45) is 1.49. The molecule has 2 rings (SSSR count). The van der Waals surface area contributed by atoms with E-state index in [1.165, 1.54) is 31.1 Å². The van der Waals surface area contributed by atoms with Gasteiger partial charge in [-0.15, -0.1) is 0 Å². The van der Waals surface area contributed by atoms with Crippen LogP contribution in [0.5, 0.6) is 0 Å². The quantitative estimate of drug-likeness (QED) is 0.880. The summed E-state index contributed by atoms with van der Waals surface area (Å²) in [5, 5.41) is 1.11. The number of nitrogens with zero attached hydrogens (tertiary/aromatic N) is 1. The number of ether oxygens (including phenoxy) is 1. The monoisotopic (exact) mass is 294 g/mol. The zero-order chi connectivity index (χ0) is 13.8. The maximum absolute atomic E-state index is 11.7. The fourth-order valence-electron chi connectivity index (χ4n) is 1.44. The first-order valence-electron chi connectivity index (χ1n) is 5.38. The van der Waals surface area contributed by atoms with Crippen LogP contribution in [-0.4, -0.2) is 18.1 Å². The van der Waals surface area contributed by atoms with Crippen LogP contribution in [0.1, 0.15) is 10.4 Å². The highest BCUT2D eigenvalue weighted by Crippen LogP contribution is 2.34. The molecule has 0 aliphatic heterocycles. The minimum atomic E-state index is -0.477. The number of nitrogens with two attached hydrogens (primary N) is 1. The minimum Gasteiger partial charge on any atom is -0.465 e. The van der Waals surface area contributed by atoms with E-state index >= 15 is 0 Å². The molecular weight excluding hydrogens is 284 g/mol. The Morgan fingerprint density at radius 3 is 2.84 bits per heavy atom. The maximum Gasteiger partial charge on any atom is 0.340 e. The molecule has 4 nitrogen and oxygen atoms in total. The van der Waals surface area contributed by atoms with E-state index in [2.05, 4.69) is 4.98 Å². The van der Waals surface area contributed by atoms with E-state index in [1.807, 2.05) is 18.2 Å². The van der Waals surface area contributed by atoms with Crippen molar-refractivity contribution in [3.8, 4) is 0 Å². The average Bonchev–Trinajstić information content (AvgIpc) is 2.42. The summed E-state index contributed by atoms with van der Waals surface area (Å²) in [4.78, 5) is 16.7. The van der Waals surface area contributed by atoms with Crippen molar-refractivity contribution in [3.63, 3.8) is 0 Å². The standard InChI is InChI=1S/C13H11ClN2O2S/c1-18-13(17)9-6-8(15)7-16-12(9)19-11-5-3-2-4-10(11)14/h2-7H,15H2,1H3. The lowest BCUT2D eigenvalue weighted by molar-refractivity contribution is 0.0596. The number of pyridine rings is 1. The van der Waals surface area contributed by atoms with Crippen molar-refractivity contribution in [2.45, 2.75) is 9.92 Å². The topological polar surface area (TPSA) is 65.2 Å². The first-order valence-corrected chi connectivity index (χ1v) is 6.57. The van der Waals surface area contributed by atoms with E-state index in [4.69, 9.17) is 22.1 Å². The second kappa shape index (κ2) is 5.95. The van der Waals surface area contributed by atoms with Crippen LogP contribution >= 0.6 is 23.4 Å². The van der Waals surface area contributed by atoms with Gasteiger partial charge in [0.05, 0.1) is 29.6 Å². The van der Waals surface area contributed by atoms with Gasteiger partial charge in [0.25, 0.3) is 0 Å². The number of esters is 1. The third-order valence-electron chi connectivity index (χ3n) is 2.32. The molecule has 98 valence electrons. The molecule has 0 fully saturated rings. The van der Waals surface area contributed by atoms with E-state index in [0.717, 1.165) is 4.90 Å². The number of carbonyl (C=O) groups is 1. The molecule has 1 heterocycles. The van der Waals surface area contributed by atoms with Gasteiger partial charge >= 0.3 is 5.97 Å². The van der Waals surface area contributed by atoms with Gasteiger partial charge in [0.2, 0.25) is 0 Å². The largest absolute Gasteiger partial charge is 0.465 e. The molecule has 0 atom stereocenters. The highest BCUT2D eigenvalue weighted by atomic mass is 35.5. The highest BCUT2D eigenvalue weighted by molar-refractivity contribution is 7.99. The molecule has 0 saturated heterocycles. The Kier molecular flexibility index (Phi) is 4.29. The molecule has 2 aromatic rings. The van der Waals surface area contributed by atoms with Gasteiger partial charge in [0.1, 0.15) is 5.03 Å². The molecule has 6 heteroatoms. The first-order chi connectivity index (χ1) is 9.11. The lowest BCUT2D eigenvalue weighted by Gasteiger charge is -2.08. The van der Waals surface area contributed by atoms with Gasteiger partial charge < -0.3 is 10.5 Å². The Morgan fingerprint density at radius 1 is 1.42 bits per heavy atom. The zero-order valence-electron chi connectivity index (χ0n) is 10.1. The molecule has 0 amide bonds. The van der Waals surface area contributed by atoms with Crippen LogP contribution in [0.4, 0.5) is 5.69 Å². The summed E-state index contributed by atoms with van der Waals surface area (Å²) in [7, 11) is 1.31. The van der Waals surface area contributed by atoms with E-state index < -0.39 is 5.97 Å². The van der Waals surface area contributed by atoms with Crippen molar-refractivity contribution in [2.24, 2.45) is 0 Å². The number of aromatic nitrogens is 1. The number of carbonyl (C=O) groups excluding carboxylic acids is 1. The van der Waals surface area contributed by atoms with Crippen LogP contribution in [0.3, 0.4) is 0 Å². The lowest BCUT2D eigenvalue weighted by atomic mass is 10.3. The van der Waals surface area contributed by atoms with Crippen LogP contribution in [0.2, 0.25) is 5.02 Å². The smallest absolute Gasteiger partial charge is 0.340 e. The number of halogens is 1. The Bertz CT molecular complexity index is 619. The summed E-state index contributed by atoms with van der Waals surface area (Å²) < 4.78 is 4.72. The van der Waals surface area contributed by atoms with Crippen molar-refractivity contribution < 1.29 is 9.53 Å². The van der Waals surface area contributed by atoms with Crippen molar-refractivity contribution in [2.75, 3.05) is 12.8 Å². The number of rotatable bonds is 3. The van der Waals surface area contributed by atoms with Gasteiger partial charge in [0, 0.05) is 4.90 Å². The van der Waals surface area contributed by atoms with Crippen LogP contribution in [0, 0.1) is 0 Å². The van der Waals surface area contributed by atoms with Crippen LogP contribution in [0.25, 0.3) is 0 Å². The fourth-order valence-corrected chi connectivity index (χ4v) is 2.57. The number of hydrogen-bond acceptors (Lipinski definition) is 5. The molecule has 0 radical (unpaired) electrons. The number of hydrogen-bond donors (Lipinski definition) is 1. The second-order valence-corrected chi connectivity index (χ2v) is 5.08. The van der Waals surface area contributed by atoms with Crippen molar-refractivity contribution >= 4 is 35.0 Å². The van der Waals surface area contributed by atoms with E-state index in [1.54, 1.807) is 6.07 Å². The number of nitrogen functional groups attached to an aromatic ring is 1. The first kappa shape index (κ1) is 13.7. The summed E-state index contributed by atoms with van der Waals surface area (Å²) >= 11 is 7.38. The third-order valence-corrected chi connectivity index (χ3v) is 3.86. The Balaban J connectivity index is 2.40. The van der Waals surface area contributed by atoms with Gasteiger partial charge in [-0.2, -0.15) is 0 Å². The van der Waals surface area contributed by atoms with Gasteiger partial charge in [-0.3, -0.25) is 0 Å². The molecule has 1 aromatic carbocycles. The number of methoxy groups -OCH3 is 1. The average molecular weight is 295 g/mol. The molecule has 19 heavy (non-hydrogen) atoms. The number of anilines is 1. The summed E-state index contributed by atoms with van der Waals surface area (Å²) in [5.74, 6) is -0.477. The molecule has 0 aliphatic rings. The Morgan fingerprint density at radius 2 is 2.16 bits per heavy atom. The van der Waals surface area contributed by atoms with E-state index in [9.17, 15) is 4.79 Å². The third kappa shape index (κ3) is 3.19. The molecule has 2 N–H and O–H groups in total. The molecule has 0 spiro atoms. The predicted octanol–water partition coefficient (Wildman–Crippen LogP) is 3.26. The van der Waals surface area contributed by atoms with Crippen LogP contribution in [-0.2, 0) is 4.74 Å². The molecule has 0 unspecified atom stereocenters. The second-order valence-electron chi connectivity index (χ2n) is 3.65. The van der Waals surface area contributed by atoms with E-state index in [-0.39, 0.29) is 0 Å². The highest BCUT2D eigenvalue weighted by Gasteiger charge is 2.15. The normalized spacial score (nSPS) is 10.2. The van der Waals surface area contributed by atoms with Gasteiger partial charge in [-0.1, -0.05) is 35.5 Å². The zero-order valence-corrected chi connectivity index (χ0v) is 11.7. The van der Waals surface area contributed by atoms with E-state index in [0.29, 0.717) is 21.3 Å². The van der Waals surface area contributed by atoms with Crippen molar-refractivity contribution in [1.29, 1.82) is 0 Å². The Hall–Kier alpha value is -1.72. The summed E-state index contributed by atoms with van der Waals surface area (Å²) in [5.41, 5.74) is 6.37. The van der Waals surface area contributed by atoms with Crippen LogP contribution in [0.15, 0.2) is 46.5 Å².